The molecule has 0 aliphatic rings. The number of nitro groups is 1. The Balaban J connectivity index is 2.66. The van der Waals surface area contributed by atoms with Crippen molar-refractivity contribution in [3.8, 4) is 0 Å². The molecule has 0 aliphatic heterocycles. The van der Waals surface area contributed by atoms with Crippen molar-refractivity contribution in [2.24, 2.45) is 11.3 Å². The molecule has 0 saturated heterocycles. The van der Waals surface area contributed by atoms with Crippen LogP contribution in [0.25, 0.3) is 0 Å². The zero-order chi connectivity index (χ0) is 28.1. The number of hydrogen-bond donors (Lipinski definition) is 3. The summed E-state index contributed by atoms with van der Waals surface area (Å²) < 4.78 is 29.0. The molecular formula is C25H34ClN3O7S. The predicted molar refractivity (Wildman–Crippen MR) is 141 cm³/mol. The number of aliphatic hydroxyl groups is 1. The Morgan fingerprint density at radius 1 is 1.16 bits per heavy atom. The smallest absolute Gasteiger partial charge is 0.404 e. The largest absolute Gasteiger partial charge is 0.465 e. The van der Waals surface area contributed by atoms with E-state index in [0.29, 0.717) is 0 Å². The molecule has 0 radical (unpaired) electrons. The molecule has 1 unspecified atom stereocenters. The van der Waals surface area contributed by atoms with Gasteiger partial charge in [-0.1, -0.05) is 76.6 Å². The Bertz CT molecular complexity index is 1200. The topological polar surface area (TPSA) is 150 Å². The number of rotatable bonds is 11. The lowest BCUT2D eigenvalue weighted by Gasteiger charge is -2.44. The minimum Gasteiger partial charge on any atom is -0.465 e. The van der Waals surface area contributed by atoms with E-state index in [9.17, 15) is 33.5 Å². The van der Waals surface area contributed by atoms with Crippen LogP contribution in [-0.4, -0.2) is 58.7 Å². The normalized spacial score (nSPS) is 14.8. The second kappa shape index (κ2) is 12.2. The molecule has 2 aromatic rings. The number of sulfonamides is 1. The van der Waals surface area contributed by atoms with Crippen molar-refractivity contribution in [1.29, 1.82) is 0 Å². The number of nitro benzene ring substituents is 1. The molecule has 0 saturated carbocycles. The highest BCUT2D eigenvalue weighted by atomic mass is 35.5. The summed E-state index contributed by atoms with van der Waals surface area (Å²) in [5.74, 6) is -0.186. The molecule has 0 spiro atoms. The molecule has 2 aromatic carbocycles. The van der Waals surface area contributed by atoms with E-state index in [-0.39, 0.29) is 28.8 Å². The summed E-state index contributed by atoms with van der Waals surface area (Å²) in [4.78, 5) is 22.0. The molecule has 204 valence electrons. The van der Waals surface area contributed by atoms with Crippen LogP contribution < -0.4 is 5.32 Å². The molecule has 12 heteroatoms. The van der Waals surface area contributed by atoms with Gasteiger partial charge in [0, 0.05) is 12.6 Å². The van der Waals surface area contributed by atoms with Crippen molar-refractivity contribution in [2.45, 2.75) is 64.1 Å². The standard InChI is InChI=1S/C25H34ClN3O7S/c1-16(2)15-28(37(35,36)18-11-12-19(26)21(14-18)29(33)34)23(25(3,4)5)22(30)20(27-24(31)32)13-17-9-7-6-8-10-17/h6-12,14,16,20,22-23,27,30H,13,15H2,1-5H3,(H,31,32)/t20-,22+,23?/m0/s1. The maximum Gasteiger partial charge on any atom is 0.404 e. The van der Waals surface area contributed by atoms with Crippen molar-refractivity contribution in [1.82, 2.24) is 9.62 Å². The van der Waals surface area contributed by atoms with Gasteiger partial charge in [0.2, 0.25) is 10.0 Å². The first-order valence-electron chi connectivity index (χ1n) is 11.7. The van der Waals surface area contributed by atoms with E-state index in [4.69, 9.17) is 11.6 Å². The van der Waals surface area contributed by atoms with Gasteiger partial charge in [-0.3, -0.25) is 10.1 Å². The third-order valence-corrected chi connectivity index (χ3v) is 7.97. The quantitative estimate of drug-likeness (QED) is 0.272. The fourth-order valence-electron chi connectivity index (χ4n) is 4.27. The number of carboxylic acid groups (broad SMARTS) is 1. The second-order valence-electron chi connectivity index (χ2n) is 10.4. The highest BCUT2D eigenvalue weighted by Gasteiger charge is 2.45. The Kier molecular flexibility index (Phi) is 10.1. The lowest BCUT2D eigenvalue weighted by atomic mass is 9.79. The van der Waals surface area contributed by atoms with Crippen LogP contribution in [0.4, 0.5) is 10.5 Å². The SMILES string of the molecule is CC(C)CN(C([C@H](O)[C@H](Cc1ccccc1)NC(=O)O)C(C)(C)C)S(=O)(=O)c1ccc(Cl)c([N+](=O)[O-])c1. The van der Waals surface area contributed by atoms with Gasteiger partial charge >= 0.3 is 6.09 Å². The van der Waals surface area contributed by atoms with E-state index in [2.05, 4.69) is 5.32 Å². The van der Waals surface area contributed by atoms with Crippen molar-refractivity contribution in [2.75, 3.05) is 6.54 Å². The van der Waals surface area contributed by atoms with Gasteiger partial charge in [0.1, 0.15) is 5.02 Å². The van der Waals surface area contributed by atoms with Crippen molar-refractivity contribution in [3.63, 3.8) is 0 Å². The van der Waals surface area contributed by atoms with Gasteiger partial charge in [-0.05, 0) is 35.4 Å². The highest BCUT2D eigenvalue weighted by molar-refractivity contribution is 7.89. The summed E-state index contributed by atoms with van der Waals surface area (Å²) in [5, 5.41) is 34.7. The first-order valence-corrected chi connectivity index (χ1v) is 13.5. The van der Waals surface area contributed by atoms with E-state index < -0.39 is 50.3 Å². The fraction of sp³-hybridized carbons (Fsp3) is 0.480. The van der Waals surface area contributed by atoms with Crippen LogP contribution in [0.15, 0.2) is 53.4 Å². The number of aliphatic hydroxyl groups excluding tert-OH is 1. The van der Waals surface area contributed by atoms with Crippen molar-refractivity contribution < 1.29 is 28.3 Å². The molecule has 2 rings (SSSR count). The summed E-state index contributed by atoms with van der Waals surface area (Å²) >= 11 is 5.90. The third kappa shape index (κ3) is 7.88. The second-order valence-corrected chi connectivity index (χ2v) is 12.7. The maximum atomic E-state index is 14.0. The van der Waals surface area contributed by atoms with E-state index in [1.54, 1.807) is 65.0 Å². The van der Waals surface area contributed by atoms with E-state index in [0.717, 1.165) is 22.0 Å². The maximum absolute atomic E-state index is 14.0. The molecular weight excluding hydrogens is 522 g/mol. The van der Waals surface area contributed by atoms with E-state index in [1.807, 2.05) is 0 Å². The summed E-state index contributed by atoms with van der Waals surface area (Å²) in [6.07, 6.45) is -2.71. The van der Waals surface area contributed by atoms with Crippen LogP contribution in [0, 0.1) is 21.4 Å². The fourth-order valence-corrected chi connectivity index (χ4v) is 6.46. The molecule has 37 heavy (non-hydrogen) atoms. The average Bonchev–Trinajstić information content (AvgIpc) is 2.77. The number of nitrogens with one attached hydrogen (secondary N) is 1. The number of nitrogens with zero attached hydrogens (tertiary/aromatic N) is 2. The molecule has 10 nitrogen and oxygen atoms in total. The number of hydrogen-bond acceptors (Lipinski definition) is 6. The molecule has 0 aliphatic carbocycles. The summed E-state index contributed by atoms with van der Waals surface area (Å²) in [7, 11) is -4.40. The predicted octanol–water partition coefficient (Wildman–Crippen LogP) is 4.55. The summed E-state index contributed by atoms with van der Waals surface area (Å²) in [6.45, 7) is 8.81. The van der Waals surface area contributed by atoms with Gasteiger partial charge in [0.15, 0.2) is 0 Å². The summed E-state index contributed by atoms with van der Waals surface area (Å²) in [5.41, 5.74) is -0.677. The molecule has 3 N–H and O–H groups in total. The van der Waals surface area contributed by atoms with Crippen LogP contribution in [0.5, 0.6) is 0 Å². The van der Waals surface area contributed by atoms with Gasteiger partial charge < -0.3 is 15.5 Å². The highest BCUT2D eigenvalue weighted by Crippen LogP contribution is 2.36. The van der Waals surface area contributed by atoms with Crippen LogP contribution in [-0.2, 0) is 16.4 Å². The Labute approximate surface area is 222 Å². The molecule has 0 heterocycles. The number of amides is 1. The van der Waals surface area contributed by atoms with Crippen LogP contribution in [0.2, 0.25) is 5.02 Å². The van der Waals surface area contributed by atoms with Gasteiger partial charge in [-0.2, -0.15) is 4.31 Å². The first kappa shape index (κ1) is 30.5. The first-order chi connectivity index (χ1) is 17.1. The van der Waals surface area contributed by atoms with Crippen LogP contribution in [0.1, 0.15) is 40.2 Å². The Hall–Kier alpha value is -2.73. The lowest BCUT2D eigenvalue weighted by molar-refractivity contribution is -0.384. The minimum atomic E-state index is -4.40. The van der Waals surface area contributed by atoms with E-state index in [1.165, 1.54) is 6.07 Å². The van der Waals surface area contributed by atoms with Crippen molar-refractivity contribution >= 4 is 33.4 Å². The number of halogens is 1. The third-order valence-electron chi connectivity index (χ3n) is 5.81. The minimum absolute atomic E-state index is 0.0249. The van der Waals surface area contributed by atoms with Gasteiger partial charge in [-0.15, -0.1) is 0 Å². The number of benzene rings is 2. The Morgan fingerprint density at radius 3 is 2.24 bits per heavy atom. The number of carbonyl (C=O) groups is 1. The van der Waals surface area contributed by atoms with Crippen LogP contribution in [0.3, 0.4) is 0 Å². The van der Waals surface area contributed by atoms with Gasteiger partial charge in [0.05, 0.1) is 28.0 Å². The zero-order valence-electron chi connectivity index (χ0n) is 21.5. The molecule has 0 fully saturated rings. The van der Waals surface area contributed by atoms with Gasteiger partial charge in [0.25, 0.3) is 5.69 Å². The Morgan fingerprint density at radius 2 is 1.76 bits per heavy atom. The average molecular weight is 556 g/mol. The van der Waals surface area contributed by atoms with E-state index >= 15 is 0 Å². The molecule has 3 atom stereocenters. The molecule has 0 bridgehead atoms. The van der Waals surface area contributed by atoms with Crippen LogP contribution >= 0.6 is 11.6 Å². The van der Waals surface area contributed by atoms with Gasteiger partial charge in [-0.25, -0.2) is 13.2 Å². The zero-order valence-corrected chi connectivity index (χ0v) is 23.0. The summed E-state index contributed by atoms with van der Waals surface area (Å²) in [6, 6.07) is 10.0. The molecule has 1 amide bonds. The molecule has 0 aromatic heterocycles. The monoisotopic (exact) mass is 555 g/mol. The lowest BCUT2D eigenvalue weighted by Crippen LogP contribution is -2.61. The van der Waals surface area contributed by atoms with Crippen molar-refractivity contribution in [3.05, 3.63) is 69.2 Å².